The van der Waals surface area contributed by atoms with Gasteiger partial charge in [-0.2, -0.15) is 0 Å². The Morgan fingerprint density at radius 2 is 2.17 bits per heavy atom. The van der Waals surface area contributed by atoms with Crippen LogP contribution in [0.5, 0.6) is 0 Å². The number of nitrogens with two attached hydrogens (primary N) is 1. The summed E-state index contributed by atoms with van der Waals surface area (Å²) in [5.74, 6) is 0.874. The molecule has 0 radical (unpaired) electrons. The Hall–Kier alpha value is -1.60. The summed E-state index contributed by atoms with van der Waals surface area (Å²) in [4.78, 5) is 7.03. The fourth-order valence-corrected chi connectivity index (χ4v) is 3.29. The lowest BCUT2D eigenvalue weighted by molar-refractivity contribution is 0.370. The second-order valence-corrected chi connectivity index (χ2v) is 8.26. The Kier molecular flexibility index (Phi) is 5.31. The van der Waals surface area contributed by atoms with Gasteiger partial charge in [-0.25, -0.2) is 18.5 Å². The summed E-state index contributed by atoms with van der Waals surface area (Å²) in [6, 6.07) is 6.62. The van der Waals surface area contributed by atoms with Gasteiger partial charge in [-0.1, -0.05) is 26.0 Å². The number of rotatable bonds is 4. The highest BCUT2D eigenvalue weighted by atomic mass is 32.2. The minimum atomic E-state index is -3.68. The average molecular weight is 338 g/mol. The molecular weight excluding hydrogens is 312 g/mol. The van der Waals surface area contributed by atoms with Crippen molar-refractivity contribution in [3.05, 3.63) is 29.8 Å². The highest BCUT2D eigenvalue weighted by molar-refractivity contribution is 7.89. The first-order valence-corrected chi connectivity index (χ1v) is 9.41. The maximum absolute atomic E-state index is 11.4. The van der Waals surface area contributed by atoms with Crippen LogP contribution in [0.2, 0.25) is 0 Å². The molecule has 1 aromatic rings. The Morgan fingerprint density at radius 1 is 1.43 bits per heavy atom. The second-order valence-electron chi connectivity index (χ2n) is 6.70. The van der Waals surface area contributed by atoms with E-state index in [1.807, 2.05) is 13.0 Å². The standard InChI is InChI=1S/C16H26N4O2S/c1-4-18-15(20-9-8-16(2,3)12-20)19-11-13-6-5-7-14(10-13)23(17,21)22/h5-7,10H,4,8-9,11-12H2,1-3H3,(H,18,19)(H2,17,21,22). The fraction of sp³-hybridized carbons (Fsp3) is 0.562. The largest absolute Gasteiger partial charge is 0.357 e. The zero-order chi connectivity index (χ0) is 17.1. The Morgan fingerprint density at radius 3 is 2.74 bits per heavy atom. The van der Waals surface area contributed by atoms with E-state index in [0.29, 0.717) is 12.0 Å². The quantitative estimate of drug-likeness (QED) is 0.644. The van der Waals surface area contributed by atoms with Gasteiger partial charge in [-0.15, -0.1) is 0 Å². The van der Waals surface area contributed by atoms with E-state index in [9.17, 15) is 8.42 Å². The van der Waals surface area contributed by atoms with Gasteiger partial charge in [0.15, 0.2) is 5.96 Å². The minimum absolute atomic E-state index is 0.123. The smallest absolute Gasteiger partial charge is 0.238 e. The molecule has 7 heteroatoms. The SMILES string of the molecule is CCNC(=NCc1cccc(S(N)(=O)=O)c1)N1CCC(C)(C)C1. The van der Waals surface area contributed by atoms with Crippen LogP contribution in [0.4, 0.5) is 0 Å². The van der Waals surface area contributed by atoms with E-state index >= 15 is 0 Å². The van der Waals surface area contributed by atoms with Crippen LogP contribution in [0.1, 0.15) is 32.8 Å². The number of likely N-dealkylation sites (tertiary alicyclic amines) is 1. The topological polar surface area (TPSA) is 87.8 Å². The van der Waals surface area contributed by atoms with E-state index in [4.69, 9.17) is 5.14 Å². The van der Waals surface area contributed by atoms with Crippen LogP contribution in [0.25, 0.3) is 0 Å². The van der Waals surface area contributed by atoms with Gasteiger partial charge in [-0.05, 0) is 36.5 Å². The third kappa shape index (κ3) is 4.94. The molecule has 1 aliphatic heterocycles. The van der Waals surface area contributed by atoms with Crippen LogP contribution in [-0.4, -0.2) is 38.9 Å². The van der Waals surface area contributed by atoms with Crippen LogP contribution >= 0.6 is 0 Å². The summed E-state index contributed by atoms with van der Waals surface area (Å²) >= 11 is 0. The molecule has 0 aromatic heterocycles. The van der Waals surface area contributed by atoms with E-state index in [1.165, 1.54) is 6.07 Å². The number of nitrogens with one attached hydrogen (secondary N) is 1. The molecule has 0 saturated carbocycles. The van der Waals surface area contributed by atoms with Gasteiger partial charge in [0.2, 0.25) is 10.0 Å². The number of sulfonamides is 1. The summed E-state index contributed by atoms with van der Waals surface area (Å²) in [6.45, 7) is 9.72. The molecular formula is C16H26N4O2S. The van der Waals surface area contributed by atoms with E-state index < -0.39 is 10.0 Å². The van der Waals surface area contributed by atoms with Gasteiger partial charge in [0.25, 0.3) is 0 Å². The molecule has 1 saturated heterocycles. The Balaban J connectivity index is 2.15. The predicted molar refractivity (Wildman–Crippen MR) is 92.6 cm³/mol. The molecule has 0 atom stereocenters. The molecule has 2 rings (SSSR count). The van der Waals surface area contributed by atoms with Gasteiger partial charge < -0.3 is 10.2 Å². The molecule has 0 amide bonds. The lowest BCUT2D eigenvalue weighted by atomic mass is 9.93. The number of guanidine groups is 1. The maximum atomic E-state index is 11.4. The highest BCUT2D eigenvalue weighted by Crippen LogP contribution is 2.28. The van der Waals surface area contributed by atoms with Crippen LogP contribution in [0.3, 0.4) is 0 Å². The number of aliphatic imine (C=N–C) groups is 1. The van der Waals surface area contributed by atoms with Crippen molar-refractivity contribution in [3.63, 3.8) is 0 Å². The van der Waals surface area contributed by atoms with Crippen LogP contribution < -0.4 is 10.5 Å². The van der Waals surface area contributed by atoms with Crippen LogP contribution in [-0.2, 0) is 16.6 Å². The van der Waals surface area contributed by atoms with E-state index in [0.717, 1.165) is 37.6 Å². The molecule has 23 heavy (non-hydrogen) atoms. The molecule has 1 fully saturated rings. The normalized spacial score (nSPS) is 18.3. The van der Waals surface area contributed by atoms with Crippen molar-refractivity contribution >= 4 is 16.0 Å². The van der Waals surface area contributed by atoms with Gasteiger partial charge >= 0.3 is 0 Å². The number of benzene rings is 1. The van der Waals surface area contributed by atoms with Crippen molar-refractivity contribution in [2.24, 2.45) is 15.5 Å². The Labute approximate surface area is 138 Å². The summed E-state index contributed by atoms with van der Waals surface area (Å²) in [5, 5.41) is 8.48. The number of nitrogens with zero attached hydrogens (tertiary/aromatic N) is 2. The molecule has 1 aromatic carbocycles. The highest BCUT2D eigenvalue weighted by Gasteiger charge is 2.30. The third-order valence-corrected chi connectivity index (χ3v) is 4.86. The second kappa shape index (κ2) is 6.88. The molecule has 6 nitrogen and oxygen atoms in total. The van der Waals surface area contributed by atoms with Crippen molar-refractivity contribution < 1.29 is 8.42 Å². The van der Waals surface area contributed by atoms with Gasteiger partial charge in [0.05, 0.1) is 11.4 Å². The monoisotopic (exact) mass is 338 g/mol. The van der Waals surface area contributed by atoms with E-state index in [1.54, 1.807) is 12.1 Å². The first-order chi connectivity index (χ1) is 10.7. The average Bonchev–Trinajstić information content (AvgIpc) is 2.83. The van der Waals surface area contributed by atoms with Gasteiger partial charge in [0, 0.05) is 19.6 Å². The van der Waals surface area contributed by atoms with Gasteiger partial charge in [0.1, 0.15) is 0 Å². The van der Waals surface area contributed by atoms with E-state index in [-0.39, 0.29) is 4.90 Å². The van der Waals surface area contributed by atoms with Crippen molar-refractivity contribution in [2.45, 2.75) is 38.6 Å². The molecule has 0 unspecified atom stereocenters. The zero-order valence-corrected chi connectivity index (χ0v) is 14.9. The molecule has 3 N–H and O–H groups in total. The van der Waals surface area contributed by atoms with E-state index in [2.05, 4.69) is 29.1 Å². The van der Waals surface area contributed by atoms with Crippen LogP contribution in [0, 0.1) is 5.41 Å². The first-order valence-electron chi connectivity index (χ1n) is 7.86. The summed E-state index contributed by atoms with van der Waals surface area (Å²) < 4.78 is 22.9. The fourth-order valence-electron chi connectivity index (χ4n) is 2.71. The lowest BCUT2D eigenvalue weighted by Gasteiger charge is -2.23. The molecule has 1 heterocycles. The molecule has 0 bridgehead atoms. The zero-order valence-electron chi connectivity index (χ0n) is 14.0. The third-order valence-electron chi connectivity index (χ3n) is 3.95. The maximum Gasteiger partial charge on any atom is 0.238 e. The van der Waals surface area contributed by atoms with Crippen molar-refractivity contribution in [1.29, 1.82) is 0 Å². The first kappa shape index (κ1) is 17.7. The summed E-state index contributed by atoms with van der Waals surface area (Å²) in [5.41, 5.74) is 1.12. The van der Waals surface area contributed by atoms with Crippen LogP contribution in [0.15, 0.2) is 34.2 Å². The molecule has 1 aliphatic rings. The Bertz CT molecular complexity index is 683. The molecule has 0 spiro atoms. The number of primary sulfonamides is 1. The number of hydrogen-bond acceptors (Lipinski definition) is 3. The molecule has 0 aliphatic carbocycles. The summed E-state index contributed by atoms with van der Waals surface area (Å²) in [6.07, 6.45) is 1.14. The van der Waals surface area contributed by atoms with Gasteiger partial charge in [-0.3, -0.25) is 0 Å². The number of hydrogen-bond donors (Lipinski definition) is 2. The lowest BCUT2D eigenvalue weighted by Crippen LogP contribution is -2.40. The van der Waals surface area contributed by atoms with Crippen molar-refractivity contribution in [3.8, 4) is 0 Å². The van der Waals surface area contributed by atoms with Crippen molar-refractivity contribution in [1.82, 2.24) is 10.2 Å². The van der Waals surface area contributed by atoms with Crippen molar-refractivity contribution in [2.75, 3.05) is 19.6 Å². The minimum Gasteiger partial charge on any atom is -0.357 e. The predicted octanol–water partition coefficient (Wildman–Crippen LogP) is 1.53. The summed E-state index contributed by atoms with van der Waals surface area (Å²) in [7, 11) is -3.68. The molecule has 128 valence electrons.